The second-order valence-corrected chi connectivity index (χ2v) is 14.2. The summed E-state index contributed by atoms with van der Waals surface area (Å²) in [6.45, 7) is 11.9. The fourth-order valence-corrected chi connectivity index (χ4v) is 2.78. The molecule has 0 saturated carbocycles. The SMILES string of the molecule is CC(C)(C)C(=O)OC[C@H]1O[C@H](OCC[Si](C)(C)C)[C@@H](O)[C@@H](O)[C@@H]1O. The summed E-state index contributed by atoms with van der Waals surface area (Å²) in [5, 5.41) is 30.0. The number of hydrogen-bond acceptors (Lipinski definition) is 7. The highest BCUT2D eigenvalue weighted by Crippen LogP contribution is 2.24. The monoisotopic (exact) mass is 364 g/mol. The van der Waals surface area contributed by atoms with Gasteiger partial charge in [-0.25, -0.2) is 0 Å². The number of ether oxygens (including phenoxy) is 3. The van der Waals surface area contributed by atoms with Crippen LogP contribution in [-0.2, 0) is 19.0 Å². The van der Waals surface area contributed by atoms with Crippen LogP contribution < -0.4 is 0 Å². The fraction of sp³-hybridized carbons (Fsp3) is 0.938. The van der Waals surface area contributed by atoms with Crippen LogP contribution in [0.15, 0.2) is 0 Å². The third-order valence-corrected chi connectivity index (χ3v) is 5.50. The molecule has 1 aliphatic heterocycles. The van der Waals surface area contributed by atoms with E-state index in [1.807, 2.05) is 0 Å². The van der Waals surface area contributed by atoms with Gasteiger partial charge >= 0.3 is 5.97 Å². The summed E-state index contributed by atoms with van der Waals surface area (Å²) in [5.41, 5.74) is -0.676. The van der Waals surface area contributed by atoms with Gasteiger partial charge in [0.05, 0.1) is 5.41 Å². The van der Waals surface area contributed by atoms with Gasteiger partial charge in [-0.3, -0.25) is 4.79 Å². The van der Waals surface area contributed by atoms with Gasteiger partial charge in [-0.1, -0.05) is 19.6 Å². The largest absolute Gasteiger partial charge is 0.462 e. The molecule has 1 heterocycles. The smallest absolute Gasteiger partial charge is 0.311 e. The second kappa shape index (κ2) is 8.24. The van der Waals surface area contributed by atoms with Crippen molar-refractivity contribution in [3.63, 3.8) is 0 Å². The normalized spacial score (nSPS) is 31.8. The maximum absolute atomic E-state index is 11.8. The Morgan fingerprint density at radius 2 is 1.67 bits per heavy atom. The molecule has 0 unspecified atom stereocenters. The van der Waals surface area contributed by atoms with Crippen LogP contribution in [0.25, 0.3) is 0 Å². The first-order valence-corrected chi connectivity index (χ1v) is 12.0. The van der Waals surface area contributed by atoms with Gasteiger partial charge in [0, 0.05) is 14.7 Å². The van der Waals surface area contributed by atoms with Crippen LogP contribution >= 0.6 is 0 Å². The first-order chi connectivity index (χ1) is 10.8. The van der Waals surface area contributed by atoms with E-state index in [9.17, 15) is 20.1 Å². The molecule has 142 valence electrons. The molecule has 5 atom stereocenters. The van der Waals surface area contributed by atoms with Gasteiger partial charge in [0.1, 0.15) is 31.0 Å². The Morgan fingerprint density at radius 3 is 2.17 bits per heavy atom. The Labute approximate surface area is 144 Å². The molecule has 8 heteroatoms. The zero-order valence-electron chi connectivity index (χ0n) is 15.5. The Morgan fingerprint density at radius 1 is 1.08 bits per heavy atom. The second-order valence-electron chi connectivity index (χ2n) is 8.54. The highest BCUT2D eigenvalue weighted by Gasteiger charge is 2.45. The van der Waals surface area contributed by atoms with Crippen molar-refractivity contribution in [3.05, 3.63) is 0 Å². The number of rotatable bonds is 6. The number of esters is 1. The summed E-state index contributed by atoms with van der Waals surface area (Å²) < 4.78 is 16.2. The van der Waals surface area contributed by atoms with E-state index in [0.717, 1.165) is 6.04 Å². The minimum Gasteiger partial charge on any atom is -0.462 e. The zero-order chi connectivity index (χ0) is 18.7. The third-order valence-electron chi connectivity index (χ3n) is 3.79. The summed E-state index contributed by atoms with van der Waals surface area (Å²) in [7, 11) is -1.31. The lowest BCUT2D eigenvalue weighted by Gasteiger charge is -2.40. The van der Waals surface area contributed by atoms with Crippen molar-refractivity contribution >= 4 is 14.0 Å². The lowest BCUT2D eigenvalue weighted by Crippen LogP contribution is -2.59. The van der Waals surface area contributed by atoms with Crippen LogP contribution in [0.4, 0.5) is 0 Å². The number of carbonyl (C=O) groups is 1. The highest BCUT2D eigenvalue weighted by molar-refractivity contribution is 6.76. The molecule has 1 saturated heterocycles. The predicted molar refractivity (Wildman–Crippen MR) is 91.2 cm³/mol. The van der Waals surface area contributed by atoms with Crippen molar-refractivity contribution in [2.24, 2.45) is 5.41 Å². The number of aliphatic hydroxyl groups is 3. The first kappa shape index (κ1) is 21.5. The average Bonchev–Trinajstić information content (AvgIpc) is 2.43. The number of carbonyl (C=O) groups excluding carboxylic acids is 1. The number of aliphatic hydroxyl groups excluding tert-OH is 3. The molecular weight excluding hydrogens is 332 g/mol. The van der Waals surface area contributed by atoms with Crippen LogP contribution in [0.1, 0.15) is 20.8 Å². The quantitative estimate of drug-likeness (QED) is 0.471. The van der Waals surface area contributed by atoms with Crippen molar-refractivity contribution < 1.29 is 34.3 Å². The van der Waals surface area contributed by atoms with Crippen LogP contribution in [0, 0.1) is 5.41 Å². The fourth-order valence-electron chi connectivity index (χ4n) is 2.05. The van der Waals surface area contributed by atoms with E-state index in [1.165, 1.54) is 0 Å². The summed E-state index contributed by atoms with van der Waals surface area (Å²) in [4.78, 5) is 11.8. The average molecular weight is 365 g/mol. The molecule has 0 aromatic carbocycles. The molecule has 0 radical (unpaired) electrons. The topological polar surface area (TPSA) is 105 Å². The van der Waals surface area contributed by atoms with Crippen molar-refractivity contribution in [1.82, 2.24) is 0 Å². The summed E-state index contributed by atoms with van der Waals surface area (Å²) in [5.74, 6) is -0.435. The molecule has 3 N–H and O–H groups in total. The molecule has 0 amide bonds. The molecular formula is C16H32O7Si. The lowest BCUT2D eigenvalue weighted by molar-refractivity contribution is -0.301. The van der Waals surface area contributed by atoms with Gasteiger partial charge in [-0.05, 0) is 26.8 Å². The predicted octanol–water partition coefficient (Wildman–Crippen LogP) is 0.738. The molecule has 24 heavy (non-hydrogen) atoms. The van der Waals surface area contributed by atoms with Crippen molar-refractivity contribution in [2.45, 2.75) is 77.2 Å². The highest BCUT2D eigenvalue weighted by atomic mass is 28.3. The van der Waals surface area contributed by atoms with Crippen molar-refractivity contribution in [3.8, 4) is 0 Å². The van der Waals surface area contributed by atoms with Gasteiger partial charge in [0.15, 0.2) is 6.29 Å². The Hall–Kier alpha value is -0.513. The van der Waals surface area contributed by atoms with Gasteiger partial charge in [0.25, 0.3) is 0 Å². The molecule has 0 aromatic rings. The summed E-state index contributed by atoms with van der Waals surface area (Å²) in [6.07, 6.45) is -6.14. The van der Waals surface area contributed by atoms with Crippen LogP contribution in [0.5, 0.6) is 0 Å². The van der Waals surface area contributed by atoms with Gasteiger partial charge in [-0.15, -0.1) is 0 Å². The Kier molecular flexibility index (Phi) is 7.40. The van der Waals surface area contributed by atoms with E-state index in [1.54, 1.807) is 20.8 Å². The molecule has 1 aliphatic rings. The molecule has 1 rings (SSSR count). The number of hydrogen-bond donors (Lipinski definition) is 3. The van der Waals surface area contributed by atoms with Gasteiger partial charge in [0.2, 0.25) is 0 Å². The van der Waals surface area contributed by atoms with Gasteiger partial charge < -0.3 is 29.5 Å². The molecule has 0 aliphatic carbocycles. The van der Waals surface area contributed by atoms with Crippen LogP contribution in [0.2, 0.25) is 25.7 Å². The summed E-state index contributed by atoms with van der Waals surface area (Å²) >= 11 is 0. The maximum atomic E-state index is 11.8. The molecule has 1 fully saturated rings. The first-order valence-electron chi connectivity index (χ1n) is 8.31. The molecule has 0 spiro atoms. The standard InChI is InChI=1S/C16H32O7Si/c1-16(2,3)15(20)22-9-10-11(17)12(18)13(19)14(23-10)21-7-8-24(4,5)6/h10-14,17-19H,7-9H2,1-6H3/t10-,11-,12+,13+,14+/m1/s1. The van der Waals surface area contributed by atoms with E-state index in [2.05, 4.69) is 19.6 Å². The lowest BCUT2D eigenvalue weighted by atomic mass is 9.97. The van der Waals surface area contributed by atoms with E-state index in [0.29, 0.717) is 6.61 Å². The van der Waals surface area contributed by atoms with Crippen molar-refractivity contribution in [1.29, 1.82) is 0 Å². The minimum absolute atomic E-state index is 0.213. The Bertz CT molecular complexity index is 416. The van der Waals surface area contributed by atoms with E-state index >= 15 is 0 Å². The Balaban J connectivity index is 2.61. The van der Waals surface area contributed by atoms with Gasteiger partial charge in [-0.2, -0.15) is 0 Å². The van der Waals surface area contributed by atoms with Crippen LogP contribution in [0.3, 0.4) is 0 Å². The van der Waals surface area contributed by atoms with E-state index in [-0.39, 0.29) is 6.61 Å². The molecule has 0 aromatic heterocycles. The summed E-state index contributed by atoms with van der Waals surface area (Å²) in [6, 6.07) is 0.877. The van der Waals surface area contributed by atoms with Crippen molar-refractivity contribution in [2.75, 3.05) is 13.2 Å². The minimum atomic E-state index is -1.42. The molecule has 7 nitrogen and oxygen atoms in total. The van der Waals surface area contributed by atoms with E-state index < -0.39 is 50.2 Å². The molecule has 0 bridgehead atoms. The third kappa shape index (κ3) is 6.42. The zero-order valence-corrected chi connectivity index (χ0v) is 16.5. The van der Waals surface area contributed by atoms with Crippen LogP contribution in [-0.4, -0.2) is 73.3 Å². The maximum Gasteiger partial charge on any atom is 0.311 e. The van der Waals surface area contributed by atoms with E-state index in [4.69, 9.17) is 14.2 Å².